The molecule has 11 aromatic rings. The number of hydrogen-bond acceptors (Lipinski definition) is 2. The average Bonchev–Trinajstić information content (AvgIpc) is 3.67. The monoisotopic (exact) mass is 908 g/mol. The molecule has 13 rings (SSSR count). The molecule has 2 heteroatoms. The van der Waals surface area contributed by atoms with E-state index in [-0.39, 0.29) is 5.41 Å². The lowest BCUT2D eigenvalue weighted by atomic mass is 9.78. The van der Waals surface area contributed by atoms with Gasteiger partial charge in [-0.2, -0.15) is 0 Å². The highest BCUT2D eigenvalue weighted by molar-refractivity contribution is 6.23. The van der Waals surface area contributed by atoms with E-state index < -0.39 is 0 Å². The lowest BCUT2D eigenvalue weighted by Crippen LogP contribution is -2.19. The van der Waals surface area contributed by atoms with Crippen molar-refractivity contribution in [2.75, 3.05) is 9.80 Å². The number of fused-ring (bicyclic) bond motifs is 5. The molecule has 0 spiro atoms. The van der Waals surface area contributed by atoms with Gasteiger partial charge in [0.05, 0.1) is 11.4 Å². The quantitative estimate of drug-likeness (QED) is 0.133. The molecular weight excluding hydrogens is 857 g/mol. The SMILES string of the molecule is CC1(C)C2=C(C=CCC2)c2ccc(N(c3cccc4ccccc34)c3c4ccccc4c(-c4ccc(N(c5ccc(-c6ccccc6)cc5)c5cccc(-c6ccccc6)c5)cc4)c4ccccc34)cc21. The van der Waals surface area contributed by atoms with Gasteiger partial charge in [0.15, 0.2) is 0 Å². The van der Waals surface area contributed by atoms with E-state index in [1.165, 1.54) is 88.1 Å². The van der Waals surface area contributed by atoms with Gasteiger partial charge < -0.3 is 9.80 Å². The zero-order valence-corrected chi connectivity index (χ0v) is 40.1. The first kappa shape index (κ1) is 42.4. The summed E-state index contributed by atoms with van der Waals surface area (Å²) in [5.41, 5.74) is 19.6. The van der Waals surface area contributed by atoms with E-state index in [4.69, 9.17) is 0 Å². The number of allylic oxidation sites excluding steroid dienone is 4. The van der Waals surface area contributed by atoms with Crippen molar-refractivity contribution in [2.24, 2.45) is 0 Å². The van der Waals surface area contributed by atoms with Crippen LogP contribution >= 0.6 is 0 Å². The third-order valence-corrected chi connectivity index (χ3v) is 15.1. The second-order valence-electron chi connectivity index (χ2n) is 19.5. The summed E-state index contributed by atoms with van der Waals surface area (Å²) < 4.78 is 0. The highest BCUT2D eigenvalue weighted by Crippen LogP contribution is 2.54. The Balaban J connectivity index is 0.983. The number of rotatable bonds is 9. The van der Waals surface area contributed by atoms with E-state index in [0.29, 0.717) is 0 Å². The van der Waals surface area contributed by atoms with Crippen molar-refractivity contribution in [3.8, 4) is 33.4 Å². The van der Waals surface area contributed by atoms with Crippen molar-refractivity contribution >= 4 is 72.0 Å². The number of benzene rings is 11. The Kier molecular flexibility index (Phi) is 10.4. The predicted molar refractivity (Wildman–Crippen MR) is 303 cm³/mol. The summed E-state index contributed by atoms with van der Waals surface area (Å²) >= 11 is 0. The topological polar surface area (TPSA) is 6.48 Å². The molecule has 0 atom stereocenters. The maximum Gasteiger partial charge on any atom is 0.0619 e. The van der Waals surface area contributed by atoms with Crippen molar-refractivity contribution in [1.29, 1.82) is 0 Å². The van der Waals surface area contributed by atoms with Crippen molar-refractivity contribution in [2.45, 2.75) is 32.1 Å². The molecule has 0 aromatic heterocycles. The Morgan fingerprint density at radius 1 is 0.380 bits per heavy atom. The molecule has 0 fully saturated rings. The van der Waals surface area contributed by atoms with Crippen LogP contribution in [0.3, 0.4) is 0 Å². The van der Waals surface area contributed by atoms with E-state index in [9.17, 15) is 0 Å². The number of nitrogens with zero attached hydrogens (tertiary/aromatic N) is 2. The molecule has 0 aliphatic heterocycles. The number of hydrogen-bond donors (Lipinski definition) is 0. The minimum atomic E-state index is -0.0676. The molecule has 0 unspecified atom stereocenters. The summed E-state index contributed by atoms with van der Waals surface area (Å²) in [4.78, 5) is 4.94. The maximum absolute atomic E-state index is 2.56. The third kappa shape index (κ3) is 7.26. The zero-order chi connectivity index (χ0) is 47.5. The maximum atomic E-state index is 2.56. The Labute approximate surface area is 416 Å². The molecule has 0 bridgehead atoms. The summed E-state index contributed by atoms with van der Waals surface area (Å²) in [5.74, 6) is 0. The highest BCUT2D eigenvalue weighted by Gasteiger charge is 2.38. The van der Waals surface area contributed by atoms with Gasteiger partial charge in [0.2, 0.25) is 0 Å². The first-order valence-electron chi connectivity index (χ1n) is 25.0. The minimum absolute atomic E-state index is 0.0676. The van der Waals surface area contributed by atoms with Crippen LogP contribution in [0.1, 0.15) is 37.8 Å². The summed E-state index contributed by atoms with van der Waals surface area (Å²) in [6.45, 7) is 4.85. The highest BCUT2D eigenvalue weighted by atomic mass is 15.2. The van der Waals surface area contributed by atoms with Crippen molar-refractivity contribution in [1.82, 2.24) is 0 Å². The van der Waals surface area contributed by atoms with Gasteiger partial charge in [-0.25, -0.2) is 0 Å². The fourth-order valence-corrected chi connectivity index (χ4v) is 11.7. The Hall–Kier alpha value is -8.72. The number of anilines is 6. The lowest BCUT2D eigenvalue weighted by molar-refractivity contribution is 0.607. The summed E-state index contributed by atoms with van der Waals surface area (Å²) in [5, 5.41) is 7.28. The van der Waals surface area contributed by atoms with Crippen LogP contribution < -0.4 is 9.80 Å². The third-order valence-electron chi connectivity index (χ3n) is 15.1. The van der Waals surface area contributed by atoms with Gasteiger partial charge in [-0.15, -0.1) is 0 Å². The normalized spacial score (nSPS) is 13.7. The van der Waals surface area contributed by atoms with Crippen LogP contribution in [0.2, 0.25) is 0 Å². The predicted octanol–water partition coefficient (Wildman–Crippen LogP) is 19.5. The first-order valence-corrected chi connectivity index (χ1v) is 25.0. The summed E-state index contributed by atoms with van der Waals surface area (Å²) in [6.07, 6.45) is 6.92. The van der Waals surface area contributed by atoms with E-state index in [1.807, 2.05) is 0 Å². The molecular formula is C69H52N2. The van der Waals surface area contributed by atoms with Crippen molar-refractivity contribution in [3.05, 3.63) is 272 Å². The van der Waals surface area contributed by atoms with E-state index in [1.54, 1.807) is 5.57 Å². The van der Waals surface area contributed by atoms with E-state index in [0.717, 1.165) is 41.3 Å². The molecule has 338 valence electrons. The Bertz CT molecular complexity index is 3820. The molecule has 2 aliphatic rings. The molecule has 0 saturated carbocycles. The fraction of sp³-hybridized carbons (Fsp3) is 0.0725. The molecule has 11 aromatic carbocycles. The molecule has 71 heavy (non-hydrogen) atoms. The van der Waals surface area contributed by atoms with Gasteiger partial charge in [-0.3, -0.25) is 0 Å². The largest absolute Gasteiger partial charge is 0.310 e. The van der Waals surface area contributed by atoms with Crippen LogP contribution in [-0.4, -0.2) is 0 Å². The van der Waals surface area contributed by atoms with Crippen LogP contribution in [0, 0.1) is 0 Å². The van der Waals surface area contributed by atoms with Crippen molar-refractivity contribution < 1.29 is 0 Å². The fourth-order valence-electron chi connectivity index (χ4n) is 11.7. The smallest absolute Gasteiger partial charge is 0.0619 e. The Morgan fingerprint density at radius 3 is 1.56 bits per heavy atom. The van der Waals surface area contributed by atoms with Gasteiger partial charge in [0.1, 0.15) is 0 Å². The van der Waals surface area contributed by atoms with Crippen LogP contribution in [0.5, 0.6) is 0 Å². The van der Waals surface area contributed by atoms with Crippen LogP contribution in [-0.2, 0) is 5.41 Å². The lowest BCUT2D eigenvalue weighted by Gasteiger charge is -2.32. The van der Waals surface area contributed by atoms with Crippen LogP contribution in [0.4, 0.5) is 34.1 Å². The van der Waals surface area contributed by atoms with Gasteiger partial charge in [0.25, 0.3) is 0 Å². The van der Waals surface area contributed by atoms with E-state index in [2.05, 4.69) is 278 Å². The summed E-state index contributed by atoms with van der Waals surface area (Å²) in [7, 11) is 0. The second kappa shape index (κ2) is 17.4. The Morgan fingerprint density at radius 2 is 0.887 bits per heavy atom. The average molecular weight is 909 g/mol. The molecule has 0 amide bonds. The molecule has 2 nitrogen and oxygen atoms in total. The zero-order valence-electron chi connectivity index (χ0n) is 40.1. The van der Waals surface area contributed by atoms with Crippen LogP contribution in [0.25, 0.3) is 71.3 Å². The molecule has 0 heterocycles. The van der Waals surface area contributed by atoms with Gasteiger partial charge in [-0.1, -0.05) is 220 Å². The first-order chi connectivity index (χ1) is 35.0. The summed E-state index contributed by atoms with van der Waals surface area (Å²) in [6, 6.07) is 89.3. The van der Waals surface area contributed by atoms with Gasteiger partial charge >= 0.3 is 0 Å². The van der Waals surface area contributed by atoms with E-state index >= 15 is 0 Å². The molecule has 0 radical (unpaired) electrons. The second-order valence-corrected chi connectivity index (χ2v) is 19.5. The minimum Gasteiger partial charge on any atom is -0.310 e. The standard InChI is InChI=1S/C69H52N2/c1-69(2)64-33-16-15-28-58(64)59-44-43-56(46-65(59)69)71(66-34-18-24-50-23-9-10-27-57(50)66)68-62-31-13-11-29-60(62)67(61-30-12-14-32-63(61)68)51-37-41-54(42-38-51)70(53-39-35-49(36-40-53)47-19-5-3-6-20-47)55-26-17-25-52(45-55)48-21-7-4-8-22-48/h3-15,17-32,34-46H,16,33H2,1-2H3. The van der Waals surface area contributed by atoms with Gasteiger partial charge in [-0.05, 0) is 134 Å². The van der Waals surface area contributed by atoms with Crippen LogP contribution in [0.15, 0.2) is 260 Å². The van der Waals surface area contributed by atoms with Gasteiger partial charge in [0, 0.05) is 44.3 Å². The molecule has 0 saturated heterocycles. The van der Waals surface area contributed by atoms with Crippen molar-refractivity contribution in [3.63, 3.8) is 0 Å². The molecule has 0 N–H and O–H groups in total. The molecule has 2 aliphatic carbocycles.